The molecule has 2 unspecified atom stereocenters. The number of nitrogens with zero attached hydrogens (tertiary/aromatic N) is 3. The van der Waals surface area contributed by atoms with E-state index in [1.54, 1.807) is 6.20 Å². The molecule has 18 heavy (non-hydrogen) atoms. The van der Waals surface area contributed by atoms with Gasteiger partial charge in [-0.2, -0.15) is 0 Å². The normalized spacial score (nSPS) is 28.0. The van der Waals surface area contributed by atoms with E-state index in [4.69, 9.17) is 16.3 Å². The van der Waals surface area contributed by atoms with Gasteiger partial charge in [0.05, 0.1) is 18.8 Å². The second-order valence-electron chi connectivity index (χ2n) is 5.10. The van der Waals surface area contributed by atoms with Crippen molar-refractivity contribution in [3.05, 3.63) is 17.0 Å². The molecule has 1 aliphatic carbocycles. The molecule has 2 fully saturated rings. The third-order valence-electron chi connectivity index (χ3n) is 3.92. The summed E-state index contributed by atoms with van der Waals surface area (Å²) in [5.74, 6) is 0.982. The Balaban J connectivity index is 1.91. The van der Waals surface area contributed by atoms with Crippen LogP contribution in [0.2, 0.25) is 5.28 Å². The average molecular weight is 268 g/mol. The van der Waals surface area contributed by atoms with Crippen LogP contribution in [0, 0.1) is 6.92 Å². The Morgan fingerprint density at radius 3 is 3.11 bits per heavy atom. The average Bonchev–Trinajstić information content (AvgIpc) is 2.41. The molecule has 0 spiro atoms. The molecule has 3 rings (SSSR count). The van der Waals surface area contributed by atoms with Crippen LogP contribution in [0.4, 0.5) is 5.82 Å². The SMILES string of the molecule is Cc1cnc(Cl)nc1N1CCOC2CCCCC21. The van der Waals surface area contributed by atoms with E-state index in [0.29, 0.717) is 17.4 Å². The first-order valence-corrected chi connectivity index (χ1v) is 7.01. The molecule has 98 valence electrons. The van der Waals surface area contributed by atoms with E-state index in [1.807, 2.05) is 6.92 Å². The Labute approximate surface area is 112 Å². The van der Waals surface area contributed by atoms with Crippen LogP contribution in [0.25, 0.3) is 0 Å². The molecule has 0 bridgehead atoms. The molecular formula is C13H18ClN3O. The smallest absolute Gasteiger partial charge is 0.224 e. The van der Waals surface area contributed by atoms with Crippen LogP contribution in [0.5, 0.6) is 0 Å². The lowest BCUT2D eigenvalue weighted by Crippen LogP contribution is -2.53. The Morgan fingerprint density at radius 1 is 1.39 bits per heavy atom. The maximum Gasteiger partial charge on any atom is 0.224 e. The van der Waals surface area contributed by atoms with Gasteiger partial charge in [-0.05, 0) is 31.4 Å². The van der Waals surface area contributed by atoms with E-state index >= 15 is 0 Å². The summed E-state index contributed by atoms with van der Waals surface area (Å²) >= 11 is 5.93. The quantitative estimate of drug-likeness (QED) is 0.733. The Kier molecular flexibility index (Phi) is 3.39. The highest BCUT2D eigenvalue weighted by atomic mass is 35.5. The summed E-state index contributed by atoms with van der Waals surface area (Å²) < 4.78 is 5.89. The number of aryl methyl sites for hydroxylation is 1. The van der Waals surface area contributed by atoms with Crippen molar-refractivity contribution < 1.29 is 4.74 Å². The maximum atomic E-state index is 5.93. The third-order valence-corrected chi connectivity index (χ3v) is 4.10. The van der Waals surface area contributed by atoms with Gasteiger partial charge in [0.1, 0.15) is 5.82 Å². The fourth-order valence-electron chi connectivity index (χ4n) is 3.06. The molecule has 1 aromatic heterocycles. The Bertz CT molecular complexity index is 438. The fraction of sp³-hybridized carbons (Fsp3) is 0.692. The number of halogens is 1. The van der Waals surface area contributed by atoms with Gasteiger partial charge in [0.2, 0.25) is 5.28 Å². The standard InChI is InChI=1S/C13H18ClN3O/c1-9-8-15-13(14)16-12(9)17-6-7-18-11-5-3-2-4-10(11)17/h8,10-11H,2-7H2,1H3. The molecule has 1 saturated carbocycles. The number of rotatable bonds is 1. The van der Waals surface area contributed by atoms with Crippen molar-refractivity contribution in [2.24, 2.45) is 0 Å². The number of hydrogen-bond donors (Lipinski definition) is 0. The number of fused-ring (bicyclic) bond motifs is 1. The zero-order valence-electron chi connectivity index (χ0n) is 10.6. The summed E-state index contributed by atoms with van der Waals surface area (Å²) in [6.45, 7) is 3.72. The van der Waals surface area contributed by atoms with Crippen molar-refractivity contribution in [2.45, 2.75) is 44.8 Å². The first kappa shape index (κ1) is 12.2. The minimum Gasteiger partial charge on any atom is -0.374 e. The lowest BCUT2D eigenvalue weighted by Gasteiger charge is -2.44. The van der Waals surface area contributed by atoms with Crippen molar-refractivity contribution in [3.63, 3.8) is 0 Å². The number of aromatic nitrogens is 2. The predicted octanol–water partition coefficient (Wildman–Crippen LogP) is 2.59. The van der Waals surface area contributed by atoms with Crippen LogP contribution in [0.3, 0.4) is 0 Å². The van der Waals surface area contributed by atoms with Gasteiger partial charge in [-0.15, -0.1) is 0 Å². The van der Waals surface area contributed by atoms with Crippen LogP contribution >= 0.6 is 11.6 Å². The first-order valence-electron chi connectivity index (χ1n) is 6.63. The van der Waals surface area contributed by atoms with Gasteiger partial charge in [0, 0.05) is 18.3 Å². The summed E-state index contributed by atoms with van der Waals surface area (Å²) in [7, 11) is 0. The van der Waals surface area contributed by atoms with Gasteiger partial charge in [-0.1, -0.05) is 12.8 Å². The van der Waals surface area contributed by atoms with Crippen molar-refractivity contribution >= 4 is 17.4 Å². The first-order chi connectivity index (χ1) is 8.75. The minimum atomic E-state index is 0.328. The predicted molar refractivity (Wildman–Crippen MR) is 71.1 cm³/mol. The molecule has 2 atom stereocenters. The van der Waals surface area contributed by atoms with Gasteiger partial charge >= 0.3 is 0 Å². The number of hydrogen-bond acceptors (Lipinski definition) is 4. The summed E-state index contributed by atoms with van der Waals surface area (Å²) in [5.41, 5.74) is 1.09. The van der Waals surface area contributed by atoms with Crippen molar-refractivity contribution in [1.29, 1.82) is 0 Å². The topological polar surface area (TPSA) is 38.2 Å². The van der Waals surface area contributed by atoms with Gasteiger partial charge < -0.3 is 9.64 Å². The number of ether oxygens (including phenoxy) is 1. The van der Waals surface area contributed by atoms with E-state index in [0.717, 1.165) is 24.5 Å². The van der Waals surface area contributed by atoms with Crippen LogP contribution in [0.1, 0.15) is 31.2 Å². The lowest BCUT2D eigenvalue weighted by atomic mass is 9.90. The van der Waals surface area contributed by atoms with Gasteiger partial charge in [0.15, 0.2) is 0 Å². The molecule has 4 nitrogen and oxygen atoms in total. The summed E-state index contributed by atoms with van der Waals surface area (Å²) in [6, 6.07) is 0.456. The van der Waals surface area contributed by atoms with Crippen molar-refractivity contribution in [1.82, 2.24) is 9.97 Å². The Morgan fingerprint density at radius 2 is 2.22 bits per heavy atom. The van der Waals surface area contributed by atoms with Crippen molar-refractivity contribution in [2.75, 3.05) is 18.1 Å². The highest BCUT2D eigenvalue weighted by Crippen LogP contribution is 2.32. The zero-order valence-corrected chi connectivity index (χ0v) is 11.4. The number of anilines is 1. The summed E-state index contributed by atoms with van der Waals surface area (Å²) in [5, 5.41) is 0.328. The molecule has 0 N–H and O–H groups in total. The van der Waals surface area contributed by atoms with Crippen LogP contribution < -0.4 is 4.90 Å². The maximum absolute atomic E-state index is 5.93. The monoisotopic (exact) mass is 267 g/mol. The summed E-state index contributed by atoms with van der Waals surface area (Å²) in [6.07, 6.45) is 7.07. The second-order valence-corrected chi connectivity index (χ2v) is 5.44. The molecule has 1 aromatic rings. The molecule has 1 saturated heterocycles. The van der Waals surface area contributed by atoms with E-state index in [1.165, 1.54) is 25.7 Å². The zero-order chi connectivity index (χ0) is 12.5. The highest BCUT2D eigenvalue weighted by Gasteiger charge is 2.35. The fourth-order valence-corrected chi connectivity index (χ4v) is 3.19. The Hall–Kier alpha value is -0.870. The molecule has 2 heterocycles. The molecule has 0 amide bonds. The van der Waals surface area contributed by atoms with Gasteiger partial charge in [-0.25, -0.2) is 9.97 Å². The van der Waals surface area contributed by atoms with Crippen LogP contribution in [0.15, 0.2) is 6.20 Å². The second kappa shape index (κ2) is 5.02. The molecule has 1 aliphatic heterocycles. The highest BCUT2D eigenvalue weighted by molar-refractivity contribution is 6.28. The van der Waals surface area contributed by atoms with E-state index in [9.17, 15) is 0 Å². The largest absolute Gasteiger partial charge is 0.374 e. The van der Waals surface area contributed by atoms with Gasteiger partial charge in [0.25, 0.3) is 0 Å². The van der Waals surface area contributed by atoms with E-state index in [2.05, 4.69) is 14.9 Å². The molecule has 5 heteroatoms. The van der Waals surface area contributed by atoms with Crippen LogP contribution in [-0.2, 0) is 4.74 Å². The van der Waals surface area contributed by atoms with Crippen molar-refractivity contribution in [3.8, 4) is 0 Å². The van der Waals surface area contributed by atoms with E-state index in [-0.39, 0.29) is 0 Å². The summed E-state index contributed by atoms with van der Waals surface area (Å²) in [4.78, 5) is 10.8. The van der Waals surface area contributed by atoms with E-state index < -0.39 is 0 Å². The molecule has 0 aromatic carbocycles. The number of morpholine rings is 1. The van der Waals surface area contributed by atoms with Crippen LogP contribution in [-0.4, -0.2) is 35.3 Å². The molecule has 2 aliphatic rings. The lowest BCUT2D eigenvalue weighted by molar-refractivity contribution is -0.00904. The molecule has 0 radical (unpaired) electrons. The minimum absolute atomic E-state index is 0.328. The van der Waals surface area contributed by atoms with Gasteiger partial charge in [-0.3, -0.25) is 0 Å². The molecular weight excluding hydrogens is 250 g/mol. The third kappa shape index (κ3) is 2.19.